The Kier molecular flexibility index (Phi) is 5.29. The summed E-state index contributed by atoms with van der Waals surface area (Å²) < 4.78 is 2.13. The van der Waals surface area contributed by atoms with E-state index in [0.29, 0.717) is 21.6 Å². The normalized spacial score (nSPS) is 13.2. The molecule has 29 heavy (non-hydrogen) atoms. The Hall–Kier alpha value is -2.84. The van der Waals surface area contributed by atoms with E-state index in [-0.39, 0.29) is 11.7 Å². The van der Waals surface area contributed by atoms with Gasteiger partial charge in [0.05, 0.1) is 16.2 Å². The molecule has 1 fully saturated rings. The molecular formula is C20H16BrClN4O3. The Morgan fingerprint density at radius 3 is 2.52 bits per heavy atom. The van der Waals surface area contributed by atoms with Crippen LogP contribution in [0, 0.1) is 0 Å². The van der Waals surface area contributed by atoms with Gasteiger partial charge in [0.2, 0.25) is 0 Å². The molecule has 148 valence electrons. The molecule has 1 aliphatic rings. The molecule has 3 N–H and O–H groups in total. The minimum absolute atomic E-state index is 0.0496. The summed E-state index contributed by atoms with van der Waals surface area (Å²) in [4.78, 5) is 37.4. The number of para-hydroxylation sites is 1. The lowest BCUT2D eigenvalue weighted by Crippen LogP contribution is -2.40. The Morgan fingerprint density at radius 1 is 1.03 bits per heavy atom. The fraction of sp³-hybridized carbons (Fsp3) is 0.150. The highest BCUT2D eigenvalue weighted by Gasteiger charge is 2.27. The van der Waals surface area contributed by atoms with E-state index in [1.54, 1.807) is 42.5 Å². The first kappa shape index (κ1) is 19.5. The molecule has 1 heterocycles. The number of anilines is 1. The molecule has 3 amide bonds. The molecule has 0 unspecified atom stereocenters. The van der Waals surface area contributed by atoms with Gasteiger partial charge in [-0.2, -0.15) is 0 Å². The average molecular weight is 476 g/mol. The summed E-state index contributed by atoms with van der Waals surface area (Å²) >= 11 is 9.52. The van der Waals surface area contributed by atoms with Crippen molar-refractivity contribution < 1.29 is 14.4 Å². The van der Waals surface area contributed by atoms with Gasteiger partial charge in [-0.25, -0.2) is 4.68 Å². The smallest absolute Gasteiger partial charge is 0.328 e. The quantitative estimate of drug-likeness (QED) is 0.503. The van der Waals surface area contributed by atoms with Crippen molar-refractivity contribution in [1.29, 1.82) is 0 Å². The third-order valence-corrected chi connectivity index (χ3v) is 5.27. The van der Waals surface area contributed by atoms with Crippen molar-refractivity contribution in [3.05, 3.63) is 63.7 Å². The summed E-state index contributed by atoms with van der Waals surface area (Å²) in [6.07, 6.45) is 1.73. The number of benzene rings is 2. The van der Waals surface area contributed by atoms with Crippen LogP contribution in [0.1, 0.15) is 23.3 Å². The minimum atomic E-state index is -0.843. The minimum Gasteiger partial charge on any atom is -0.345 e. The number of fused-ring (bicyclic) bond motifs is 1. The van der Waals surface area contributed by atoms with Crippen molar-refractivity contribution in [2.24, 2.45) is 0 Å². The van der Waals surface area contributed by atoms with Crippen molar-refractivity contribution >= 4 is 61.8 Å². The molecule has 2 aromatic carbocycles. The third kappa shape index (κ3) is 4.28. The van der Waals surface area contributed by atoms with Crippen molar-refractivity contribution in [3.8, 4) is 0 Å². The zero-order valence-corrected chi connectivity index (χ0v) is 17.4. The van der Waals surface area contributed by atoms with E-state index < -0.39 is 17.7 Å². The lowest BCUT2D eigenvalue weighted by Gasteiger charge is -2.13. The standard InChI is InChI=1S/C20H16BrClN4O3/c21-12-5-8-16-11(9-12)10-17(18(27)24-15-4-2-1-3-14(15)22)26(16)25-20(29)19(28)23-13-6-7-13/h1-5,8-10,13H,6-7H2,(H,23,28)(H,24,27)(H,25,29). The molecule has 3 aromatic rings. The van der Waals surface area contributed by atoms with Crippen molar-refractivity contribution in [2.45, 2.75) is 18.9 Å². The van der Waals surface area contributed by atoms with Crippen LogP contribution in [0.25, 0.3) is 10.9 Å². The van der Waals surface area contributed by atoms with Crippen LogP contribution in [0.4, 0.5) is 5.69 Å². The Labute approximate surface area is 179 Å². The Morgan fingerprint density at radius 2 is 1.79 bits per heavy atom. The number of nitrogens with zero attached hydrogens (tertiary/aromatic N) is 1. The molecule has 1 aromatic heterocycles. The van der Waals surface area contributed by atoms with E-state index in [1.165, 1.54) is 4.68 Å². The molecule has 4 rings (SSSR count). The number of hydrogen-bond acceptors (Lipinski definition) is 3. The topological polar surface area (TPSA) is 92.2 Å². The zero-order chi connectivity index (χ0) is 20.5. The second kappa shape index (κ2) is 7.88. The second-order valence-corrected chi connectivity index (χ2v) is 8.01. The maximum atomic E-state index is 12.9. The number of carbonyl (C=O) groups is 3. The second-order valence-electron chi connectivity index (χ2n) is 6.69. The molecule has 0 radical (unpaired) electrons. The summed E-state index contributed by atoms with van der Waals surface area (Å²) in [5.74, 6) is -2.05. The van der Waals surface area contributed by atoms with E-state index in [1.807, 2.05) is 6.07 Å². The number of carbonyl (C=O) groups excluding carboxylic acids is 3. The summed E-state index contributed by atoms with van der Waals surface area (Å²) in [5.41, 5.74) is 3.70. The molecule has 0 aliphatic heterocycles. The van der Waals surface area contributed by atoms with Gasteiger partial charge in [-0.1, -0.05) is 39.7 Å². The highest BCUT2D eigenvalue weighted by atomic mass is 79.9. The predicted octanol–water partition coefficient (Wildman–Crippen LogP) is 3.66. The SMILES string of the molecule is O=C(NC1CC1)C(=O)Nn1c(C(=O)Nc2ccccc2Cl)cc2cc(Br)ccc21. The van der Waals surface area contributed by atoms with Gasteiger partial charge in [-0.05, 0) is 49.2 Å². The zero-order valence-electron chi connectivity index (χ0n) is 15.0. The van der Waals surface area contributed by atoms with Gasteiger partial charge in [0.15, 0.2) is 0 Å². The maximum absolute atomic E-state index is 12.9. The van der Waals surface area contributed by atoms with Crippen LogP contribution in [0.2, 0.25) is 5.02 Å². The summed E-state index contributed by atoms with van der Waals surface area (Å²) in [7, 11) is 0. The first-order chi connectivity index (χ1) is 13.9. The number of halogens is 2. The van der Waals surface area contributed by atoms with Crippen LogP contribution in [0.5, 0.6) is 0 Å². The van der Waals surface area contributed by atoms with Gasteiger partial charge < -0.3 is 10.6 Å². The van der Waals surface area contributed by atoms with E-state index in [4.69, 9.17) is 11.6 Å². The van der Waals surface area contributed by atoms with Crippen LogP contribution in [0.15, 0.2) is 53.0 Å². The Balaban J connectivity index is 1.67. The predicted molar refractivity (Wildman–Crippen MR) is 115 cm³/mol. The monoisotopic (exact) mass is 474 g/mol. The van der Waals surface area contributed by atoms with Gasteiger partial charge in [0.1, 0.15) is 5.69 Å². The molecule has 7 nitrogen and oxygen atoms in total. The summed E-state index contributed by atoms with van der Waals surface area (Å²) in [6.45, 7) is 0. The molecule has 1 aliphatic carbocycles. The van der Waals surface area contributed by atoms with E-state index in [0.717, 1.165) is 17.3 Å². The maximum Gasteiger partial charge on any atom is 0.328 e. The average Bonchev–Trinajstić information content (AvgIpc) is 3.43. The van der Waals surface area contributed by atoms with Gasteiger partial charge in [-0.3, -0.25) is 19.8 Å². The molecule has 1 saturated carbocycles. The van der Waals surface area contributed by atoms with Crippen molar-refractivity contribution in [2.75, 3.05) is 10.7 Å². The number of nitrogens with one attached hydrogen (secondary N) is 3. The van der Waals surface area contributed by atoms with Crippen LogP contribution >= 0.6 is 27.5 Å². The highest BCUT2D eigenvalue weighted by Crippen LogP contribution is 2.25. The molecule has 0 atom stereocenters. The van der Waals surface area contributed by atoms with E-state index in [2.05, 4.69) is 32.0 Å². The number of hydrogen-bond donors (Lipinski definition) is 3. The van der Waals surface area contributed by atoms with Gasteiger partial charge in [0.25, 0.3) is 5.91 Å². The Bertz CT molecular complexity index is 1140. The number of amides is 3. The lowest BCUT2D eigenvalue weighted by atomic mass is 10.2. The largest absolute Gasteiger partial charge is 0.345 e. The van der Waals surface area contributed by atoms with Crippen LogP contribution in [-0.4, -0.2) is 28.4 Å². The fourth-order valence-electron chi connectivity index (χ4n) is 2.85. The lowest BCUT2D eigenvalue weighted by molar-refractivity contribution is -0.136. The molecule has 0 spiro atoms. The molecule has 0 bridgehead atoms. The molecule has 9 heteroatoms. The molecular weight excluding hydrogens is 460 g/mol. The van der Waals surface area contributed by atoms with Crippen LogP contribution in [0.3, 0.4) is 0 Å². The summed E-state index contributed by atoms with van der Waals surface area (Å²) in [6, 6.07) is 13.9. The van der Waals surface area contributed by atoms with E-state index in [9.17, 15) is 14.4 Å². The van der Waals surface area contributed by atoms with Crippen LogP contribution < -0.4 is 16.1 Å². The highest BCUT2D eigenvalue weighted by molar-refractivity contribution is 9.10. The van der Waals surface area contributed by atoms with Crippen LogP contribution in [-0.2, 0) is 9.59 Å². The molecule has 0 saturated heterocycles. The van der Waals surface area contributed by atoms with Gasteiger partial charge in [0, 0.05) is 15.9 Å². The van der Waals surface area contributed by atoms with Gasteiger partial charge in [-0.15, -0.1) is 0 Å². The van der Waals surface area contributed by atoms with Crippen molar-refractivity contribution in [3.63, 3.8) is 0 Å². The fourth-order valence-corrected chi connectivity index (χ4v) is 3.42. The van der Waals surface area contributed by atoms with Gasteiger partial charge >= 0.3 is 11.8 Å². The third-order valence-electron chi connectivity index (χ3n) is 4.45. The number of aromatic nitrogens is 1. The van der Waals surface area contributed by atoms with Crippen molar-refractivity contribution in [1.82, 2.24) is 9.99 Å². The first-order valence-electron chi connectivity index (χ1n) is 8.91. The summed E-state index contributed by atoms with van der Waals surface area (Å²) in [5, 5.41) is 6.46. The first-order valence-corrected chi connectivity index (χ1v) is 10.1. The number of rotatable bonds is 4. The van der Waals surface area contributed by atoms with E-state index >= 15 is 0 Å².